The van der Waals surface area contributed by atoms with Gasteiger partial charge in [-0.25, -0.2) is 0 Å². The lowest BCUT2D eigenvalue weighted by atomic mass is 10.1. The zero-order valence-corrected chi connectivity index (χ0v) is 9.87. The van der Waals surface area contributed by atoms with Crippen LogP contribution in [0.5, 0.6) is 0 Å². The van der Waals surface area contributed by atoms with Gasteiger partial charge in [0, 0.05) is 24.2 Å². The molecule has 96 valence electrons. The first kappa shape index (κ1) is 12.4. The molecular weight excluding hydrogens is 234 g/mol. The zero-order chi connectivity index (χ0) is 13.0. The second-order valence-electron chi connectivity index (χ2n) is 3.97. The summed E-state index contributed by atoms with van der Waals surface area (Å²) < 4.78 is 5.20. The highest BCUT2D eigenvalue weighted by Gasteiger charge is 2.18. The highest BCUT2D eigenvalue weighted by Crippen LogP contribution is 2.09. The van der Waals surface area contributed by atoms with Gasteiger partial charge in [0.1, 0.15) is 0 Å². The molecule has 0 radical (unpaired) electrons. The molecular formula is C12H15N3O3. The summed E-state index contributed by atoms with van der Waals surface area (Å²) >= 11 is 0. The number of rotatable bonds is 2. The molecule has 1 heterocycles. The topological polar surface area (TPSA) is 88.2 Å². The molecule has 0 bridgehead atoms. The Kier molecular flexibility index (Phi) is 3.78. The minimum absolute atomic E-state index is 0.0237. The van der Waals surface area contributed by atoms with Crippen LogP contribution in [-0.2, 0) is 4.74 Å². The van der Waals surface area contributed by atoms with Crippen molar-refractivity contribution in [3.63, 3.8) is 0 Å². The molecule has 6 nitrogen and oxygen atoms in total. The highest BCUT2D eigenvalue weighted by molar-refractivity contribution is 5.99. The maximum atomic E-state index is 12.1. The lowest BCUT2D eigenvalue weighted by Gasteiger charge is -2.26. The van der Waals surface area contributed by atoms with Crippen LogP contribution in [0.1, 0.15) is 15.9 Å². The van der Waals surface area contributed by atoms with Crippen molar-refractivity contribution in [2.75, 3.05) is 26.3 Å². The summed E-state index contributed by atoms with van der Waals surface area (Å²) in [5.74, 6) is 0.00438. The molecule has 0 atom stereocenters. The summed E-state index contributed by atoms with van der Waals surface area (Å²) in [4.78, 5) is 13.9. The molecule has 1 aliphatic heterocycles. The van der Waals surface area contributed by atoms with Crippen LogP contribution in [-0.4, -0.2) is 48.2 Å². The van der Waals surface area contributed by atoms with Crippen molar-refractivity contribution in [2.24, 2.45) is 10.9 Å². The Labute approximate surface area is 105 Å². The summed E-state index contributed by atoms with van der Waals surface area (Å²) in [5.41, 5.74) is 6.62. The number of hydrogen-bond donors (Lipinski definition) is 2. The first-order valence-corrected chi connectivity index (χ1v) is 5.67. The van der Waals surface area contributed by atoms with Crippen molar-refractivity contribution in [1.82, 2.24) is 4.90 Å². The number of amides is 1. The molecule has 1 fully saturated rings. The van der Waals surface area contributed by atoms with Gasteiger partial charge in [0.15, 0.2) is 5.84 Å². The summed E-state index contributed by atoms with van der Waals surface area (Å²) in [5, 5.41) is 11.5. The molecule has 1 amide bonds. The van der Waals surface area contributed by atoms with Crippen molar-refractivity contribution in [1.29, 1.82) is 0 Å². The largest absolute Gasteiger partial charge is 0.409 e. The molecule has 1 aromatic carbocycles. The number of nitrogens with two attached hydrogens (primary N) is 1. The number of benzene rings is 1. The minimum Gasteiger partial charge on any atom is -0.409 e. The van der Waals surface area contributed by atoms with E-state index in [-0.39, 0.29) is 11.7 Å². The van der Waals surface area contributed by atoms with Gasteiger partial charge in [-0.2, -0.15) is 0 Å². The third kappa shape index (κ3) is 2.60. The fourth-order valence-electron chi connectivity index (χ4n) is 1.79. The molecule has 1 aliphatic rings. The molecule has 0 spiro atoms. The van der Waals surface area contributed by atoms with Crippen LogP contribution in [0.2, 0.25) is 0 Å². The normalized spacial score (nSPS) is 16.7. The molecule has 0 aromatic heterocycles. The zero-order valence-electron chi connectivity index (χ0n) is 9.87. The predicted molar refractivity (Wildman–Crippen MR) is 65.7 cm³/mol. The van der Waals surface area contributed by atoms with E-state index in [1.807, 2.05) is 0 Å². The first-order valence-electron chi connectivity index (χ1n) is 5.67. The number of nitrogens with zero attached hydrogens (tertiary/aromatic N) is 2. The number of carbonyl (C=O) groups is 1. The number of amidine groups is 1. The minimum atomic E-state index is -0.0237. The molecule has 3 N–H and O–H groups in total. The molecule has 0 unspecified atom stereocenters. The van der Waals surface area contributed by atoms with Crippen LogP contribution in [0.3, 0.4) is 0 Å². The lowest BCUT2D eigenvalue weighted by Crippen LogP contribution is -2.40. The van der Waals surface area contributed by atoms with Gasteiger partial charge in [-0.15, -0.1) is 0 Å². The van der Waals surface area contributed by atoms with Gasteiger partial charge in [0.2, 0.25) is 0 Å². The first-order chi connectivity index (χ1) is 8.72. The monoisotopic (exact) mass is 249 g/mol. The van der Waals surface area contributed by atoms with Gasteiger partial charge < -0.3 is 20.6 Å². The van der Waals surface area contributed by atoms with E-state index >= 15 is 0 Å². The van der Waals surface area contributed by atoms with Crippen LogP contribution in [0.15, 0.2) is 29.4 Å². The van der Waals surface area contributed by atoms with Crippen LogP contribution in [0.25, 0.3) is 0 Å². The Morgan fingerprint density at radius 3 is 2.33 bits per heavy atom. The van der Waals surface area contributed by atoms with Gasteiger partial charge in [-0.3, -0.25) is 4.79 Å². The van der Waals surface area contributed by atoms with Crippen molar-refractivity contribution in [2.45, 2.75) is 0 Å². The van der Waals surface area contributed by atoms with E-state index in [9.17, 15) is 4.79 Å². The van der Waals surface area contributed by atoms with Gasteiger partial charge >= 0.3 is 0 Å². The number of ether oxygens (including phenoxy) is 1. The van der Waals surface area contributed by atoms with E-state index in [0.717, 1.165) is 0 Å². The summed E-state index contributed by atoms with van der Waals surface area (Å²) in [7, 11) is 0. The summed E-state index contributed by atoms with van der Waals surface area (Å²) in [6.07, 6.45) is 0. The predicted octanol–water partition coefficient (Wildman–Crippen LogP) is 0.254. The number of carbonyl (C=O) groups excluding carboxylic acids is 1. The van der Waals surface area contributed by atoms with Crippen LogP contribution >= 0.6 is 0 Å². The molecule has 18 heavy (non-hydrogen) atoms. The standard InChI is InChI=1S/C12H15N3O3/c13-11(14-17)9-1-3-10(4-2-9)12(16)15-5-7-18-8-6-15/h1-4,17H,5-8H2,(H2,13,14). The van der Waals surface area contributed by atoms with Crippen molar-refractivity contribution >= 4 is 11.7 Å². The van der Waals surface area contributed by atoms with E-state index in [1.54, 1.807) is 29.2 Å². The number of hydrogen-bond acceptors (Lipinski definition) is 4. The van der Waals surface area contributed by atoms with E-state index in [4.69, 9.17) is 15.7 Å². The molecule has 0 saturated carbocycles. The summed E-state index contributed by atoms with van der Waals surface area (Å²) in [6, 6.07) is 6.65. The maximum Gasteiger partial charge on any atom is 0.254 e. The quantitative estimate of drug-likeness (QED) is 0.340. The molecule has 6 heteroatoms. The Morgan fingerprint density at radius 2 is 1.78 bits per heavy atom. The highest BCUT2D eigenvalue weighted by atomic mass is 16.5. The molecule has 0 aliphatic carbocycles. The fraction of sp³-hybridized carbons (Fsp3) is 0.333. The summed E-state index contributed by atoms with van der Waals surface area (Å²) in [6.45, 7) is 2.38. The maximum absolute atomic E-state index is 12.1. The van der Waals surface area contributed by atoms with Gasteiger partial charge in [-0.1, -0.05) is 17.3 Å². The second kappa shape index (κ2) is 5.50. The van der Waals surface area contributed by atoms with Gasteiger partial charge in [-0.05, 0) is 12.1 Å². The number of oxime groups is 1. The van der Waals surface area contributed by atoms with Crippen molar-refractivity contribution in [3.8, 4) is 0 Å². The smallest absolute Gasteiger partial charge is 0.254 e. The SMILES string of the molecule is N/C(=N\O)c1ccc(C(=O)N2CCOCC2)cc1. The third-order valence-electron chi connectivity index (χ3n) is 2.83. The van der Waals surface area contributed by atoms with Gasteiger partial charge in [0.05, 0.1) is 13.2 Å². The fourth-order valence-corrected chi connectivity index (χ4v) is 1.79. The van der Waals surface area contributed by atoms with Crippen molar-refractivity contribution < 1.29 is 14.7 Å². The van der Waals surface area contributed by atoms with Gasteiger partial charge in [0.25, 0.3) is 5.91 Å². The average Bonchev–Trinajstić information content (AvgIpc) is 2.47. The lowest BCUT2D eigenvalue weighted by molar-refractivity contribution is 0.0303. The Morgan fingerprint density at radius 1 is 1.22 bits per heavy atom. The van der Waals surface area contributed by atoms with E-state index in [2.05, 4.69) is 5.16 Å². The van der Waals surface area contributed by atoms with Crippen LogP contribution in [0, 0.1) is 0 Å². The Bertz CT molecular complexity index is 450. The van der Waals surface area contributed by atoms with Crippen molar-refractivity contribution in [3.05, 3.63) is 35.4 Å². The second-order valence-corrected chi connectivity index (χ2v) is 3.97. The molecule has 1 saturated heterocycles. The third-order valence-corrected chi connectivity index (χ3v) is 2.83. The average molecular weight is 249 g/mol. The Hall–Kier alpha value is -2.08. The molecule has 1 aromatic rings. The number of morpholine rings is 1. The Balaban J connectivity index is 2.11. The van der Waals surface area contributed by atoms with Crippen LogP contribution in [0.4, 0.5) is 0 Å². The van der Waals surface area contributed by atoms with Crippen LogP contribution < -0.4 is 5.73 Å². The van der Waals surface area contributed by atoms with E-state index < -0.39 is 0 Å². The molecule has 2 rings (SSSR count). The van der Waals surface area contributed by atoms with E-state index in [0.29, 0.717) is 37.4 Å². The van der Waals surface area contributed by atoms with E-state index in [1.165, 1.54) is 0 Å².